The molecule has 0 fully saturated rings. The number of aliphatic hydroxyl groups excluding tert-OH is 2. The number of fused-ring (bicyclic) bond motifs is 1. The highest BCUT2D eigenvalue weighted by Gasteiger charge is 2.30. The highest BCUT2D eigenvalue weighted by molar-refractivity contribution is 7.90. The smallest absolute Gasteiger partial charge is 0.216 e. The van der Waals surface area contributed by atoms with E-state index in [4.69, 9.17) is 10.0 Å². The van der Waals surface area contributed by atoms with E-state index in [0.29, 0.717) is 24.1 Å². The minimum absolute atomic E-state index is 0.139. The predicted octanol–water partition coefficient (Wildman–Crippen LogP) is 0.751. The Bertz CT molecular complexity index is 1010. The average molecular weight is 394 g/mol. The second-order valence-corrected chi connectivity index (χ2v) is 8.07. The van der Waals surface area contributed by atoms with Crippen LogP contribution in [0.3, 0.4) is 0 Å². The number of rotatable bonds is 4. The minimum atomic E-state index is -3.35. The van der Waals surface area contributed by atoms with Crippen LogP contribution in [-0.2, 0) is 23.4 Å². The van der Waals surface area contributed by atoms with E-state index >= 15 is 0 Å². The van der Waals surface area contributed by atoms with Crippen molar-refractivity contribution in [2.75, 3.05) is 11.9 Å². The Balaban J connectivity index is 1.98. The Morgan fingerprint density at radius 3 is 3.04 bits per heavy atom. The highest BCUT2D eigenvalue weighted by Crippen LogP contribution is 2.31. The van der Waals surface area contributed by atoms with Gasteiger partial charge in [0.25, 0.3) is 0 Å². The lowest BCUT2D eigenvalue weighted by Gasteiger charge is -2.18. The summed E-state index contributed by atoms with van der Waals surface area (Å²) in [5.74, 6) is -0.862. The SMILES string of the molecule is Cn1cc2c(c1C(O)Nc1cc(F)nc(C#N)c1)CC[C@H](CO)NS2(=N)=O. The number of aliphatic hydroxyl groups is 2. The molecule has 27 heavy (non-hydrogen) atoms. The normalized spacial score (nSPS) is 23.1. The summed E-state index contributed by atoms with van der Waals surface area (Å²) in [7, 11) is -1.71. The van der Waals surface area contributed by atoms with E-state index in [1.54, 1.807) is 17.7 Å². The molecule has 2 aromatic heterocycles. The van der Waals surface area contributed by atoms with E-state index in [-0.39, 0.29) is 22.9 Å². The van der Waals surface area contributed by atoms with Crippen molar-refractivity contribution in [2.45, 2.75) is 30.0 Å². The van der Waals surface area contributed by atoms with Crippen molar-refractivity contribution in [2.24, 2.45) is 7.05 Å². The van der Waals surface area contributed by atoms with Crippen LogP contribution in [0.5, 0.6) is 0 Å². The molecule has 0 radical (unpaired) electrons. The van der Waals surface area contributed by atoms with E-state index in [1.807, 2.05) is 0 Å². The van der Waals surface area contributed by atoms with E-state index in [0.717, 1.165) is 6.07 Å². The van der Waals surface area contributed by atoms with Gasteiger partial charge in [0.15, 0.2) is 6.23 Å². The number of nitrogens with zero attached hydrogens (tertiary/aromatic N) is 3. The van der Waals surface area contributed by atoms with Crippen LogP contribution in [0.15, 0.2) is 23.2 Å². The number of anilines is 1. The summed E-state index contributed by atoms with van der Waals surface area (Å²) in [5, 5.41) is 31.6. The Morgan fingerprint density at radius 2 is 2.37 bits per heavy atom. The van der Waals surface area contributed by atoms with Crippen molar-refractivity contribution >= 4 is 15.6 Å². The topological polar surface area (TPSA) is 147 Å². The quantitative estimate of drug-likeness (QED) is 0.382. The first-order chi connectivity index (χ1) is 12.7. The van der Waals surface area contributed by atoms with Crippen molar-refractivity contribution in [3.8, 4) is 6.07 Å². The van der Waals surface area contributed by atoms with Gasteiger partial charge in [-0.3, -0.25) is 0 Å². The van der Waals surface area contributed by atoms with Crippen LogP contribution in [-0.4, -0.2) is 36.6 Å². The second kappa shape index (κ2) is 7.24. The molecule has 144 valence electrons. The molecule has 3 atom stereocenters. The Labute approximate surface area is 155 Å². The van der Waals surface area contributed by atoms with Crippen LogP contribution in [0.4, 0.5) is 10.1 Å². The van der Waals surface area contributed by atoms with Gasteiger partial charge in [0, 0.05) is 31.0 Å². The molecule has 5 N–H and O–H groups in total. The summed E-state index contributed by atoms with van der Waals surface area (Å²) in [6.45, 7) is -0.254. The van der Waals surface area contributed by atoms with E-state index < -0.39 is 28.1 Å². The van der Waals surface area contributed by atoms with Crippen LogP contribution in [0.2, 0.25) is 0 Å². The second-order valence-electron chi connectivity index (χ2n) is 6.28. The zero-order valence-electron chi connectivity index (χ0n) is 14.4. The lowest BCUT2D eigenvalue weighted by Crippen LogP contribution is -2.35. The fourth-order valence-corrected chi connectivity index (χ4v) is 4.84. The van der Waals surface area contributed by atoms with Crippen molar-refractivity contribution in [3.05, 3.63) is 41.2 Å². The fraction of sp³-hybridized carbons (Fsp3) is 0.375. The van der Waals surface area contributed by atoms with Gasteiger partial charge in [-0.2, -0.15) is 9.65 Å². The molecular weight excluding hydrogens is 375 g/mol. The van der Waals surface area contributed by atoms with Crippen LogP contribution in [0, 0.1) is 22.1 Å². The lowest BCUT2D eigenvalue weighted by atomic mass is 10.1. The molecule has 0 saturated heterocycles. The molecule has 11 heteroatoms. The summed E-state index contributed by atoms with van der Waals surface area (Å²) >= 11 is 0. The number of hydrogen-bond acceptors (Lipinski definition) is 7. The van der Waals surface area contributed by atoms with Gasteiger partial charge in [0.1, 0.15) is 21.7 Å². The van der Waals surface area contributed by atoms with Crippen LogP contribution >= 0.6 is 0 Å². The number of nitriles is 1. The Kier molecular flexibility index (Phi) is 5.16. The van der Waals surface area contributed by atoms with E-state index in [9.17, 15) is 18.8 Å². The largest absolute Gasteiger partial charge is 0.395 e. The van der Waals surface area contributed by atoms with Gasteiger partial charge in [0.2, 0.25) is 5.95 Å². The van der Waals surface area contributed by atoms with Gasteiger partial charge in [-0.25, -0.2) is 18.7 Å². The summed E-state index contributed by atoms with van der Waals surface area (Å²) in [6, 6.07) is 3.59. The van der Waals surface area contributed by atoms with Gasteiger partial charge < -0.3 is 20.1 Å². The first kappa shape index (κ1) is 19.2. The van der Waals surface area contributed by atoms with Crippen molar-refractivity contribution in [1.82, 2.24) is 14.3 Å². The van der Waals surface area contributed by atoms with Gasteiger partial charge in [-0.1, -0.05) is 0 Å². The average Bonchev–Trinajstić information content (AvgIpc) is 2.89. The maximum Gasteiger partial charge on any atom is 0.216 e. The van der Waals surface area contributed by atoms with Crippen molar-refractivity contribution in [1.29, 1.82) is 10.0 Å². The molecule has 0 spiro atoms. The number of aryl methyl sites for hydroxylation is 1. The van der Waals surface area contributed by atoms with Crippen LogP contribution < -0.4 is 10.0 Å². The third kappa shape index (κ3) is 3.79. The summed E-state index contributed by atoms with van der Waals surface area (Å²) in [6.07, 6.45) is 1.04. The van der Waals surface area contributed by atoms with Crippen molar-refractivity contribution in [3.63, 3.8) is 0 Å². The molecule has 0 aliphatic carbocycles. The zero-order valence-corrected chi connectivity index (χ0v) is 15.3. The number of hydrogen-bond donors (Lipinski definition) is 5. The summed E-state index contributed by atoms with van der Waals surface area (Å²) in [5.41, 5.74) is 0.935. The number of aromatic nitrogens is 2. The predicted molar refractivity (Wildman–Crippen MR) is 94.4 cm³/mol. The van der Waals surface area contributed by atoms with Crippen LogP contribution in [0.25, 0.3) is 0 Å². The first-order valence-corrected chi connectivity index (χ1v) is 9.68. The van der Waals surface area contributed by atoms with Gasteiger partial charge in [-0.15, -0.1) is 0 Å². The minimum Gasteiger partial charge on any atom is -0.395 e. The lowest BCUT2D eigenvalue weighted by molar-refractivity contribution is 0.198. The van der Waals surface area contributed by atoms with Gasteiger partial charge >= 0.3 is 0 Å². The molecule has 2 aromatic rings. The number of halogens is 1. The molecule has 3 rings (SSSR count). The maximum absolute atomic E-state index is 13.5. The molecule has 9 nitrogen and oxygen atoms in total. The molecule has 3 heterocycles. The highest BCUT2D eigenvalue weighted by atomic mass is 32.2. The van der Waals surface area contributed by atoms with Gasteiger partial charge in [-0.05, 0) is 24.5 Å². The van der Waals surface area contributed by atoms with Gasteiger partial charge in [0.05, 0.1) is 17.2 Å². The molecule has 0 saturated carbocycles. The standard InChI is InChI=1S/C16H19FN6O3S/c1-23-7-13-12(3-2-9(8-24)22-27(13,19)26)15(23)16(25)21-10-4-11(6-18)20-14(17)5-10/h4-5,7,9,16,24-25H,2-3,8H2,1H3,(H,20,21)(H2,19,22,26)/t9-,16?,27?/m1/s1. The fourth-order valence-electron chi connectivity index (χ4n) is 3.19. The number of pyridine rings is 1. The third-order valence-electron chi connectivity index (χ3n) is 4.37. The molecule has 2 unspecified atom stereocenters. The molecule has 0 bridgehead atoms. The third-order valence-corrected chi connectivity index (χ3v) is 6.01. The molecule has 0 aromatic carbocycles. The Morgan fingerprint density at radius 1 is 1.63 bits per heavy atom. The molecule has 1 aliphatic rings. The Hall–Kier alpha value is -2.52. The number of nitrogens with one attached hydrogen (secondary N) is 3. The summed E-state index contributed by atoms with van der Waals surface area (Å²) < 4.78 is 38.6. The molecular formula is C16H19FN6O3S. The van der Waals surface area contributed by atoms with Crippen LogP contribution in [0.1, 0.15) is 29.6 Å². The van der Waals surface area contributed by atoms with E-state index in [2.05, 4.69) is 15.0 Å². The van der Waals surface area contributed by atoms with Crippen molar-refractivity contribution < 1.29 is 18.8 Å². The molecule has 0 amide bonds. The van der Waals surface area contributed by atoms with E-state index in [1.165, 1.54) is 12.3 Å². The first-order valence-electron chi connectivity index (χ1n) is 8.12. The summed E-state index contributed by atoms with van der Waals surface area (Å²) in [4.78, 5) is 3.66. The maximum atomic E-state index is 13.5. The monoisotopic (exact) mass is 394 g/mol. The molecule has 1 aliphatic heterocycles. The zero-order chi connectivity index (χ0) is 19.8.